The van der Waals surface area contributed by atoms with E-state index >= 15 is 0 Å². The third-order valence-corrected chi connectivity index (χ3v) is 7.28. The minimum absolute atomic E-state index is 0.109. The number of carboxylic acids is 1. The van der Waals surface area contributed by atoms with Gasteiger partial charge in [0.15, 0.2) is 10.8 Å². The number of hydrogen-bond donors (Lipinski definition) is 3. The highest BCUT2D eigenvalue weighted by Crippen LogP contribution is 2.40. The van der Waals surface area contributed by atoms with Crippen molar-refractivity contribution in [2.75, 3.05) is 11.9 Å². The number of carbonyl (C=O) groups excluding carboxylic acids is 3. The Morgan fingerprint density at radius 2 is 2.15 bits per heavy atom. The van der Waals surface area contributed by atoms with Gasteiger partial charge in [0, 0.05) is 16.8 Å². The lowest BCUT2D eigenvalue weighted by Gasteiger charge is -2.48. The smallest absolute Gasteiger partial charge is 0.334 e. The first kappa shape index (κ1) is 24.7. The average molecular weight is 496 g/mol. The van der Waals surface area contributed by atoms with Crippen LogP contribution in [0.5, 0.6) is 0 Å². The molecule has 33 heavy (non-hydrogen) atoms. The number of oxime groups is 1. The minimum atomic E-state index is -1.08. The Bertz CT molecular complexity index is 978. The van der Waals surface area contributed by atoms with Crippen LogP contribution in [0.15, 0.2) is 22.3 Å². The quantitative estimate of drug-likeness (QED) is 0.131. The Kier molecular flexibility index (Phi) is 8.44. The molecule has 0 saturated carbocycles. The summed E-state index contributed by atoms with van der Waals surface area (Å²) in [5, 5.41) is 19.4. The van der Waals surface area contributed by atoms with Crippen LogP contribution in [-0.4, -0.2) is 68.2 Å². The molecule has 0 radical (unpaired) electrons. The van der Waals surface area contributed by atoms with Gasteiger partial charge in [-0.2, -0.15) is 0 Å². The maximum atomic E-state index is 13.0. The summed E-state index contributed by atoms with van der Waals surface area (Å²) in [5.41, 5.74) is 0.227. The first-order valence-corrected chi connectivity index (χ1v) is 12.3. The number of aliphatic carboxylic acids is 1. The number of unbranched alkanes of at least 4 members (excludes halogenated alkanes) is 3. The molecular formula is C20H25N5O6S2. The number of thiazole rings is 1. The zero-order valence-electron chi connectivity index (χ0n) is 18.1. The number of thioether (sulfide) groups is 1. The van der Waals surface area contributed by atoms with Gasteiger partial charge in [-0.15, -0.1) is 23.1 Å². The molecule has 2 unspecified atom stereocenters. The minimum Gasteiger partial charge on any atom is -0.478 e. The molecule has 1 aromatic rings. The number of amides is 3. The van der Waals surface area contributed by atoms with Crippen LogP contribution < -0.4 is 10.6 Å². The van der Waals surface area contributed by atoms with Crippen LogP contribution in [0.3, 0.4) is 0 Å². The van der Waals surface area contributed by atoms with Crippen molar-refractivity contribution in [3.8, 4) is 0 Å². The molecule has 1 fully saturated rings. The predicted octanol–water partition coefficient (Wildman–Crippen LogP) is 1.77. The van der Waals surface area contributed by atoms with Crippen molar-refractivity contribution >= 4 is 58.1 Å². The van der Waals surface area contributed by atoms with Gasteiger partial charge in [0.1, 0.15) is 23.7 Å². The lowest BCUT2D eigenvalue weighted by atomic mass is 10.1. The Labute approximate surface area is 198 Å². The van der Waals surface area contributed by atoms with E-state index in [0.29, 0.717) is 13.0 Å². The zero-order valence-corrected chi connectivity index (χ0v) is 19.8. The third kappa shape index (κ3) is 5.71. The Balaban J connectivity index is 1.71. The monoisotopic (exact) mass is 495 g/mol. The van der Waals surface area contributed by atoms with E-state index in [1.54, 1.807) is 12.3 Å². The summed E-state index contributed by atoms with van der Waals surface area (Å²) in [6.45, 7) is 4.16. The number of aromatic nitrogens is 1. The fraction of sp³-hybridized carbons (Fsp3) is 0.500. The fourth-order valence-electron chi connectivity index (χ4n) is 3.28. The van der Waals surface area contributed by atoms with E-state index in [1.807, 2.05) is 0 Å². The molecule has 0 aromatic carbocycles. The highest BCUT2D eigenvalue weighted by atomic mass is 32.2. The van der Waals surface area contributed by atoms with E-state index in [4.69, 9.17) is 4.84 Å². The second kappa shape index (κ2) is 11.3. The normalized spacial score (nSPS) is 22.1. The summed E-state index contributed by atoms with van der Waals surface area (Å²) in [4.78, 5) is 58.4. The molecule has 3 rings (SSSR count). The second-order valence-corrected chi connectivity index (χ2v) is 9.71. The molecule has 13 heteroatoms. The van der Waals surface area contributed by atoms with Crippen LogP contribution >= 0.6 is 23.1 Å². The lowest BCUT2D eigenvalue weighted by Crippen LogP contribution is -2.69. The fourth-order valence-corrected chi connectivity index (χ4v) is 5.30. The number of carbonyl (C=O) groups is 4. The van der Waals surface area contributed by atoms with Crippen LogP contribution in [0, 0.1) is 0 Å². The largest absolute Gasteiger partial charge is 0.478 e. The van der Waals surface area contributed by atoms with Crippen LogP contribution in [0.25, 0.3) is 0 Å². The number of rotatable bonds is 12. The van der Waals surface area contributed by atoms with Crippen LogP contribution in [0.4, 0.5) is 5.13 Å². The second-order valence-electron chi connectivity index (χ2n) is 7.39. The van der Waals surface area contributed by atoms with Gasteiger partial charge in [0.2, 0.25) is 6.41 Å². The Hall–Kier alpha value is -2.93. The number of fused-ring (bicyclic) bond motifs is 1. The molecule has 2 aliphatic heterocycles. The van der Waals surface area contributed by atoms with Crippen molar-refractivity contribution in [1.82, 2.24) is 15.2 Å². The van der Waals surface area contributed by atoms with E-state index in [2.05, 4.69) is 27.7 Å². The number of nitrogens with one attached hydrogen (secondary N) is 2. The molecule has 178 valence electrons. The average Bonchev–Trinajstić information content (AvgIpc) is 3.24. The highest BCUT2D eigenvalue weighted by Gasteiger charge is 2.52. The van der Waals surface area contributed by atoms with E-state index < -0.39 is 29.2 Å². The van der Waals surface area contributed by atoms with E-state index in [-0.39, 0.29) is 27.4 Å². The first-order chi connectivity index (χ1) is 15.9. The molecule has 3 amide bonds. The Morgan fingerprint density at radius 3 is 2.85 bits per heavy atom. The van der Waals surface area contributed by atoms with Gasteiger partial charge in [-0.3, -0.25) is 14.4 Å². The summed E-state index contributed by atoms with van der Waals surface area (Å²) in [5.74, 6) is -2.14. The summed E-state index contributed by atoms with van der Waals surface area (Å²) in [7, 11) is 0. The molecule has 11 nitrogen and oxygen atoms in total. The van der Waals surface area contributed by atoms with Crippen molar-refractivity contribution in [3.63, 3.8) is 0 Å². The van der Waals surface area contributed by atoms with Gasteiger partial charge in [0.25, 0.3) is 11.8 Å². The van der Waals surface area contributed by atoms with Crippen molar-refractivity contribution in [3.05, 3.63) is 22.8 Å². The van der Waals surface area contributed by atoms with Crippen molar-refractivity contribution < 1.29 is 29.1 Å². The number of carboxylic acid groups (broad SMARTS) is 1. The third-order valence-electron chi connectivity index (χ3n) is 5.06. The molecular weight excluding hydrogens is 470 g/mol. The summed E-state index contributed by atoms with van der Waals surface area (Å²) < 4.78 is 0. The van der Waals surface area contributed by atoms with E-state index in [1.165, 1.54) is 22.9 Å². The SMILES string of the molecule is CCCCCCON=C(C(=O)NC1C(=O)N2C=C(C(=O)O)C(C)S[C@H]12)c1csc(NC=O)n1. The van der Waals surface area contributed by atoms with Gasteiger partial charge < -0.3 is 25.5 Å². The highest BCUT2D eigenvalue weighted by molar-refractivity contribution is 8.00. The molecule has 0 aliphatic carbocycles. The lowest BCUT2D eigenvalue weighted by molar-refractivity contribution is -0.144. The zero-order chi connectivity index (χ0) is 24.0. The van der Waals surface area contributed by atoms with E-state index in [9.17, 15) is 24.3 Å². The van der Waals surface area contributed by atoms with Gasteiger partial charge in [-0.25, -0.2) is 9.78 Å². The number of hydrogen-bond acceptors (Lipinski definition) is 9. The topological polar surface area (TPSA) is 150 Å². The summed E-state index contributed by atoms with van der Waals surface area (Å²) in [6.07, 6.45) is 5.72. The van der Waals surface area contributed by atoms with Crippen molar-refractivity contribution in [1.29, 1.82) is 0 Å². The maximum absolute atomic E-state index is 13.0. The molecule has 3 heterocycles. The van der Waals surface area contributed by atoms with Crippen LogP contribution in [-0.2, 0) is 24.0 Å². The Morgan fingerprint density at radius 1 is 1.36 bits per heavy atom. The van der Waals surface area contributed by atoms with Crippen molar-refractivity contribution in [2.24, 2.45) is 5.16 Å². The van der Waals surface area contributed by atoms with E-state index in [0.717, 1.165) is 37.0 Å². The van der Waals surface area contributed by atoms with Gasteiger partial charge in [-0.05, 0) is 19.8 Å². The first-order valence-electron chi connectivity index (χ1n) is 10.5. The van der Waals surface area contributed by atoms with Crippen molar-refractivity contribution in [2.45, 2.75) is 56.2 Å². The molecule has 2 aliphatic rings. The molecule has 3 N–H and O–H groups in total. The molecule has 0 bridgehead atoms. The van der Waals surface area contributed by atoms with Gasteiger partial charge in [-0.1, -0.05) is 24.9 Å². The van der Waals surface area contributed by atoms with Crippen LogP contribution in [0.1, 0.15) is 45.2 Å². The van der Waals surface area contributed by atoms with Gasteiger partial charge >= 0.3 is 5.97 Å². The number of anilines is 1. The standard InChI is InChI=1S/C20H25N5O6S2/c1-3-4-5-6-7-31-24-14(13-9-32-20(22-13)21-10-26)16(27)23-15-17(28)25-8-12(19(29)30)11(2)33-18(15)25/h8-11,15,18H,3-7H2,1-2H3,(H,23,27)(H,29,30)(H,21,22,26)/t11?,15?,18-/m1/s1. The summed E-state index contributed by atoms with van der Waals surface area (Å²) >= 11 is 2.40. The molecule has 1 saturated heterocycles. The number of nitrogens with zero attached hydrogens (tertiary/aromatic N) is 3. The maximum Gasteiger partial charge on any atom is 0.334 e. The molecule has 3 atom stereocenters. The molecule has 0 spiro atoms. The summed E-state index contributed by atoms with van der Waals surface area (Å²) in [6, 6.07) is -0.836. The molecule has 1 aromatic heterocycles. The number of β-lactam (4-membered cyclic amide) rings is 1. The van der Waals surface area contributed by atoms with Gasteiger partial charge in [0.05, 0.1) is 5.57 Å². The predicted molar refractivity (Wildman–Crippen MR) is 124 cm³/mol. The van der Waals surface area contributed by atoms with Crippen LogP contribution in [0.2, 0.25) is 0 Å².